The number of anilines is 1. The highest BCUT2D eigenvalue weighted by Crippen LogP contribution is 2.45. The Balaban J connectivity index is 2.27. The van der Waals surface area contributed by atoms with Gasteiger partial charge in [-0.2, -0.15) is 0 Å². The van der Waals surface area contributed by atoms with Crippen molar-refractivity contribution < 1.29 is 13.2 Å². The number of primary amides is 1. The average molecular weight is 417 g/mol. The van der Waals surface area contributed by atoms with Crippen molar-refractivity contribution >= 4 is 38.8 Å². The Morgan fingerprint density at radius 3 is 2.54 bits per heavy atom. The third-order valence-electron chi connectivity index (χ3n) is 5.20. The Hall–Kier alpha value is -2.57. The summed E-state index contributed by atoms with van der Waals surface area (Å²) in [5.74, 6) is -0.516. The van der Waals surface area contributed by atoms with Crippen LogP contribution in [0.1, 0.15) is 35.3 Å². The lowest BCUT2D eigenvalue weighted by molar-refractivity contribution is 0.0999. The molecule has 0 fully saturated rings. The number of carbonyl (C=O) groups excluding carboxylic acids is 1. The van der Waals surface area contributed by atoms with E-state index in [9.17, 15) is 13.2 Å². The molecule has 0 spiro atoms. The van der Waals surface area contributed by atoms with Gasteiger partial charge in [0.05, 0.1) is 5.69 Å². The minimum Gasteiger partial charge on any atom is -0.366 e. The van der Waals surface area contributed by atoms with Crippen LogP contribution in [0, 0.1) is 0 Å². The minimum atomic E-state index is -3.62. The van der Waals surface area contributed by atoms with Crippen molar-refractivity contribution in [3.8, 4) is 11.1 Å². The van der Waals surface area contributed by atoms with Crippen LogP contribution >= 0.6 is 11.6 Å². The molecule has 0 aromatic heterocycles. The summed E-state index contributed by atoms with van der Waals surface area (Å²) >= 11 is 6.58. The maximum atomic E-state index is 12.1. The van der Waals surface area contributed by atoms with Crippen LogP contribution in [0.15, 0.2) is 47.9 Å². The van der Waals surface area contributed by atoms with E-state index >= 15 is 0 Å². The summed E-state index contributed by atoms with van der Waals surface area (Å²) in [5.41, 5.74) is 11.9. The molecule has 1 aliphatic carbocycles. The van der Waals surface area contributed by atoms with E-state index in [0.717, 1.165) is 43.1 Å². The van der Waals surface area contributed by atoms with Crippen molar-refractivity contribution in [2.45, 2.75) is 20.3 Å². The Morgan fingerprint density at radius 1 is 1.25 bits per heavy atom. The van der Waals surface area contributed by atoms with Crippen molar-refractivity contribution in [2.75, 3.05) is 11.4 Å². The zero-order chi connectivity index (χ0) is 20.8. The number of benzene rings is 2. The first-order valence-corrected chi connectivity index (χ1v) is 10.5. The van der Waals surface area contributed by atoms with Crippen LogP contribution in [-0.2, 0) is 16.4 Å². The molecule has 146 valence electrons. The van der Waals surface area contributed by atoms with Gasteiger partial charge < -0.3 is 5.73 Å². The molecule has 0 aliphatic heterocycles. The van der Waals surface area contributed by atoms with Crippen LogP contribution in [0.2, 0.25) is 5.02 Å². The molecule has 0 saturated carbocycles. The van der Waals surface area contributed by atoms with E-state index in [1.165, 1.54) is 7.05 Å². The second-order valence-electron chi connectivity index (χ2n) is 6.81. The highest BCUT2D eigenvalue weighted by molar-refractivity contribution is 7.95. The second-order valence-corrected chi connectivity index (χ2v) is 9.13. The van der Waals surface area contributed by atoms with Crippen molar-refractivity contribution in [1.82, 2.24) is 0 Å². The molecule has 0 unspecified atom stereocenters. The Morgan fingerprint density at radius 2 is 1.93 bits per heavy atom. The van der Waals surface area contributed by atoms with Crippen LogP contribution in [0.5, 0.6) is 0 Å². The number of allylic oxidation sites excluding steroid dienone is 2. The number of hydrogen-bond donors (Lipinski definition) is 1. The van der Waals surface area contributed by atoms with Crippen molar-refractivity contribution in [3.05, 3.63) is 69.6 Å². The van der Waals surface area contributed by atoms with E-state index in [1.54, 1.807) is 24.3 Å². The smallest absolute Gasteiger partial charge is 0.256 e. The van der Waals surface area contributed by atoms with Gasteiger partial charge in [0.25, 0.3) is 10.0 Å². The molecule has 7 heteroatoms. The van der Waals surface area contributed by atoms with Crippen LogP contribution in [-0.4, -0.2) is 21.4 Å². The Labute approximate surface area is 170 Å². The first kappa shape index (κ1) is 20.2. The number of fused-ring (bicyclic) bond motifs is 1. The van der Waals surface area contributed by atoms with E-state index in [0.29, 0.717) is 22.7 Å². The molecule has 1 amide bonds. The van der Waals surface area contributed by atoms with E-state index in [2.05, 4.69) is 6.58 Å². The van der Waals surface area contributed by atoms with Crippen LogP contribution in [0.3, 0.4) is 0 Å². The number of nitrogens with zero attached hydrogens (tertiary/aromatic N) is 1. The van der Waals surface area contributed by atoms with Gasteiger partial charge in [-0.05, 0) is 60.7 Å². The summed E-state index contributed by atoms with van der Waals surface area (Å²) in [5, 5.41) is 1.30. The summed E-state index contributed by atoms with van der Waals surface area (Å²) in [6.45, 7) is 7.37. The van der Waals surface area contributed by atoms with Crippen LogP contribution < -0.4 is 10.0 Å². The van der Waals surface area contributed by atoms with E-state index in [-0.39, 0.29) is 0 Å². The molecule has 3 rings (SSSR count). The number of rotatable bonds is 5. The Bertz CT molecular complexity index is 1150. The van der Waals surface area contributed by atoms with Gasteiger partial charge in [0.15, 0.2) is 0 Å². The highest BCUT2D eigenvalue weighted by atomic mass is 35.5. The molecule has 5 nitrogen and oxygen atoms in total. The van der Waals surface area contributed by atoms with Crippen LogP contribution in [0.25, 0.3) is 16.7 Å². The molecule has 2 N–H and O–H groups in total. The van der Waals surface area contributed by atoms with Crippen LogP contribution in [0.4, 0.5) is 5.69 Å². The first-order chi connectivity index (χ1) is 13.1. The number of hydrogen-bond acceptors (Lipinski definition) is 3. The number of sulfonamides is 1. The average Bonchev–Trinajstić information content (AvgIpc) is 2.95. The number of nitrogens with two attached hydrogens (primary N) is 1. The fourth-order valence-corrected chi connectivity index (χ4v) is 4.46. The standard InChI is InChI=1S/C21H21ClN2O3S/c1-5-28(26,27)24(4)15-8-6-7-14(10-15)20-18(22)11-17(21(23)25)16-9-12(2)13(3)19(16)20/h5-8,10-11H,1,9H2,2-4H3,(H2,23,25). The number of halogens is 1. The molecular formula is C21H21ClN2O3S. The summed E-state index contributed by atoms with van der Waals surface area (Å²) in [6, 6.07) is 8.69. The maximum absolute atomic E-state index is 12.1. The van der Waals surface area contributed by atoms with Gasteiger partial charge in [-0.25, -0.2) is 8.42 Å². The summed E-state index contributed by atoms with van der Waals surface area (Å²) in [7, 11) is -2.15. The molecule has 2 aromatic rings. The number of amides is 1. The van der Waals surface area contributed by atoms with E-state index in [4.69, 9.17) is 17.3 Å². The Kier molecular flexibility index (Phi) is 5.12. The van der Waals surface area contributed by atoms with Gasteiger partial charge in [-0.1, -0.05) is 35.9 Å². The third kappa shape index (κ3) is 3.23. The summed E-state index contributed by atoms with van der Waals surface area (Å²) in [6.07, 6.45) is 0.633. The molecule has 0 radical (unpaired) electrons. The quantitative estimate of drug-likeness (QED) is 0.785. The van der Waals surface area contributed by atoms with Crippen molar-refractivity contribution in [1.29, 1.82) is 0 Å². The zero-order valence-corrected chi connectivity index (χ0v) is 17.5. The summed E-state index contributed by atoms with van der Waals surface area (Å²) < 4.78 is 25.4. The van der Waals surface area contributed by atoms with Crippen molar-refractivity contribution in [2.24, 2.45) is 5.73 Å². The number of carbonyl (C=O) groups is 1. The van der Waals surface area contributed by atoms with Gasteiger partial charge in [-0.3, -0.25) is 9.10 Å². The summed E-state index contributed by atoms with van der Waals surface area (Å²) in [4.78, 5) is 11.9. The predicted octanol–water partition coefficient (Wildman–Crippen LogP) is 4.36. The topological polar surface area (TPSA) is 80.5 Å². The lowest BCUT2D eigenvalue weighted by Crippen LogP contribution is -2.23. The van der Waals surface area contributed by atoms with Gasteiger partial charge in [0.2, 0.25) is 5.91 Å². The minimum absolute atomic E-state index is 0.396. The molecule has 0 bridgehead atoms. The van der Waals surface area contributed by atoms with Crippen molar-refractivity contribution in [3.63, 3.8) is 0 Å². The molecule has 1 aliphatic rings. The molecule has 0 heterocycles. The lowest BCUT2D eigenvalue weighted by atomic mass is 9.90. The fourth-order valence-electron chi connectivity index (χ4n) is 3.52. The molecular weight excluding hydrogens is 396 g/mol. The lowest BCUT2D eigenvalue weighted by Gasteiger charge is -2.20. The third-order valence-corrected chi connectivity index (χ3v) is 6.89. The van der Waals surface area contributed by atoms with Gasteiger partial charge >= 0.3 is 0 Å². The largest absolute Gasteiger partial charge is 0.366 e. The first-order valence-electron chi connectivity index (χ1n) is 8.62. The van der Waals surface area contributed by atoms with Gasteiger partial charge in [0, 0.05) is 28.6 Å². The molecule has 0 atom stereocenters. The van der Waals surface area contributed by atoms with Gasteiger partial charge in [-0.15, -0.1) is 0 Å². The van der Waals surface area contributed by atoms with E-state index in [1.807, 2.05) is 19.9 Å². The second kappa shape index (κ2) is 7.11. The maximum Gasteiger partial charge on any atom is 0.256 e. The SMILES string of the molecule is C=CS(=O)(=O)N(C)c1cccc(-c2c(Cl)cc(C(N)=O)c3c2C(C)=C(C)C3)c1. The van der Waals surface area contributed by atoms with Gasteiger partial charge in [0.1, 0.15) is 0 Å². The zero-order valence-electron chi connectivity index (χ0n) is 15.9. The fraction of sp³-hybridized carbons (Fsp3) is 0.190. The van der Waals surface area contributed by atoms with E-state index < -0.39 is 15.9 Å². The predicted molar refractivity (Wildman–Crippen MR) is 115 cm³/mol. The molecule has 28 heavy (non-hydrogen) atoms. The monoisotopic (exact) mass is 416 g/mol. The normalized spacial score (nSPS) is 13.4. The highest BCUT2D eigenvalue weighted by Gasteiger charge is 2.27. The molecule has 2 aromatic carbocycles. The molecule has 0 saturated heterocycles.